The number of ether oxygens (including phenoxy) is 1. The number of hydrogen-bond acceptors (Lipinski definition) is 4. The Labute approximate surface area is 155 Å². The smallest absolute Gasteiger partial charge is 0.338 e. The third-order valence-corrected chi connectivity index (χ3v) is 3.97. The van der Waals surface area contributed by atoms with Crippen LogP contribution in [-0.4, -0.2) is 23.2 Å². The first-order chi connectivity index (χ1) is 13.0. The van der Waals surface area contributed by atoms with Crippen molar-refractivity contribution in [2.45, 2.75) is 6.92 Å². The summed E-state index contributed by atoms with van der Waals surface area (Å²) in [5, 5.41) is 6.60. The highest BCUT2D eigenvalue weighted by Gasteiger charge is 2.11. The van der Waals surface area contributed by atoms with E-state index in [0.717, 1.165) is 0 Å². The van der Waals surface area contributed by atoms with E-state index in [2.05, 4.69) is 10.6 Å². The second kappa shape index (κ2) is 7.74. The first-order valence-electron chi connectivity index (χ1n) is 8.43. The first-order valence-corrected chi connectivity index (χ1v) is 8.43. The molecule has 27 heavy (non-hydrogen) atoms. The molecule has 3 rings (SSSR count). The highest BCUT2D eigenvalue weighted by atomic mass is 16.5. The summed E-state index contributed by atoms with van der Waals surface area (Å²) >= 11 is 0. The minimum atomic E-state index is -0.486. The molecule has 0 unspecified atom stereocenters. The normalized spacial score (nSPS) is 10.4. The summed E-state index contributed by atoms with van der Waals surface area (Å²) in [6, 6.07) is 13.0. The maximum atomic E-state index is 12.4. The fourth-order valence-electron chi connectivity index (χ4n) is 2.74. The minimum Gasteiger partial charge on any atom is -0.462 e. The standard InChI is InChI=1S/C20H19N3O4/c1-3-27-19(25)13-7-6-8-14(11-13)21-20(26)22-17-12-23(2)18(24)16-10-5-4-9-15(16)17/h4-12H,3H2,1-2H3,(H2,21,22,26). The SMILES string of the molecule is CCOC(=O)c1cccc(NC(=O)Nc2cn(C)c(=O)c3ccccc23)c1. The maximum absolute atomic E-state index is 12.4. The summed E-state index contributed by atoms with van der Waals surface area (Å²) in [6.45, 7) is 2.00. The fourth-order valence-corrected chi connectivity index (χ4v) is 2.74. The van der Waals surface area contributed by atoms with Gasteiger partial charge in [-0.1, -0.05) is 24.3 Å². The average Bonchev–Trinajstić information content (AvgIpc) is 2.66. The molecule has 2 N–H and O–H groups in total. The Hall–Kier alpha value is -3.61. The van der Waals surface area contributed by atoms with Crippen molar-refractivity contribution in [3.63, 3.8) is 0 Å². The molecule has 0 bridgehead atoms. The van der Waals surface area contributed by atoms with Crippen molar-refractivity contribution < 1.29 is 14.3 Å². The molecule has 7 nitrogen and oxygen atoms in total. The molecule has 2 aromatic carbocycles. The largest absolute Gasteiger partial charge is 0.462 e. The Morgan fingerprint density at radius 1 is 1.04 bits per heavy atom. The molecule has 0 fully saturated rings. The monoisotopic (exact) mass is 365 g/mol. The fraction of sp³-hybridized carbons (Fsp3) is 0.150. The van der Waals surface area contributed by atoms with Gasteiger partial charge in [0.1, 0.15) is 0 Å². The van der Waals surface area contributed by atoms with E-state index in [-0.39, 0.29) is 12.2 Å². The zero-order chi connectivity index (χ0) is 19.4. The molecule has 0 atom stereocenters. The Morgan fingerprint density at radius 2 is 1.78 bits per heavy atom. The molecule has 0 aliphatic carbocycles. The average molecular weight is 365 g/mol. The van der Waals surface area contributed by atoms with Crippen LogP contribution in [0.4, 0.5) is 16.2 Å². The van der Waals surface area contributed by atoms with Crippen LogP contribution in [0.25, 0.3) is 10.8 Å². The lowest BCUT2D eigenvalue weighted by molar-refractivity contribution is 0.0526. The highest BCUT2D eigenvalue weighted by molar-refractivity contribution is 6.06. The van der Waals surface area contributed by atoms with Gasteiger partial charge < -0.3 is 19.9 Å². The number of nitrogens with one attached hydrogen (secondary N) is 2. The summed E-state index contributed by atoms with van der Waals surface area (Å²) in [4.78, 5) is 36.4. The van der Waals surface area contributed by atoms with Crippen molar-refractivity contribution in [3.8, 4) is 0 Å². The van der Waals surface area contributed by atoms with Gasteiger partial charge in [-0.15, -0.1) is 0 Å². The van der Waals surface area contributed by atoms with Gasteiger partial charge in [-0.2, -0.15) is 0 Å². The second-order valence-corrected chi connectivity index (χ2v) is 5.88. The number of hydrogen-bond donors (Lipinski definition) is 2. The van der Waals surface area contributed by atoms with E-state index < -0.39 is 12.0 Å². The first kappa shape index (κ1) is 18.2. The van der Waals surface area contributed by atoms with Gasteiger partial charge in [0, 0.05) is 29.7 Å². The Morgan fingerprint density at radius 3 is 2.52 bits per heavy atom. The number of amides is 2. The molecule has 2 amide bonds. The number of fused-ring (bicyclic) bond motifs is 1. The molecular formula is C20H19N3O4. The third-order valence-electron chi connectivity index (χ3n) is 3.97. The number of urea groups is 1. The molecule has 1 heterocycles. The molecule has 3 aromatic rings. The van der Waals surface area contributed by atoms with Crippen molar-refractivity contribution in [2.75, 3.05) is 17.2 Å². The van der Waals surface area contributed by atoms with Crippen LogP contribution in [0.15, 0.2) is 59.5 Å². The van der Waals surface area contributed by atoms with Crippen LogP contribution >= 0.6 is 0 Å². The molecule has 0 saturated carbocycles. The van der Waals surface area contributed by atoms with Gasteiger partial charge in [-0.3, -0.25) is 4.79 Å². The minimum absolute atomic E-state index is 0.140. The molecule has 0 spiro atoms. The van der Waals surface area contributed by atoms with E-state index in [1.165, 1.54) is 10.6 Å². The van der Waals surface area contributed by atoms with Crippen LogP contribution < -0.4 is 16.2 Å². The van der Waals surface area contributed by atoms with Crippen molar-refractivity contribution in [3.05, 3.63) is 70.6 Å². The number of aromatic nitrogens is 1. The van der Waals surface area contributed by atoms with Gasteiger partial charge in [0.25, 0.3) is 5.56 Å². The van der Waals surface area contributed by atoms with Crippen LogP contribution in [0, 0.1) is 0 Å². The van der Waals surface area contributed by atoms with E-state index in [4.69, 9.17) is 4.74 Å². The Balaban J connectivity index is 1.82. The Kier molecular flexibility index (Phi) is 5.21. The van der Waals surface area contributed by atoms with Gasteiger partial charge in [0.05, 0.1) is 17.9 Å². The molecule has 0 aliphatic heterocycles. The number of carbonyl (C=O) groups excluding carboxylic acids is 2. The third kappa shape index (κ3) is 3.98. The number of carbonyl (C=O) groups is 2. The van der Waals surface area contributed by atoms with E-state index in [9.17, 15) is 14.4 Å². The quantitative estimate of drug-likeness (QED) is 0.694. The van der Waals surface area contributed by atoms with Crippen LogP contribution in [0.2, 0.25) is 0 Å². The van der Waals surface area contributed by atoms with Crippen molar-refractivity contribution in [1.82, 2.24) is 4.57 Å². The zero-order valence-electron chi connectivity index (χ0n) is 15.0. The molecular weight excluding hydrogens is 346 g/mol. The number of nitrogens with zero attached hydrogens (tertiary/aromatic N) is 1. The summed E-state index contributed by atoms with van der Waals surface area (Å²) < 4.78 is 6.37. The second-order valence-electron chi connectivity index (χ2n) is 5.88. The van der Waals surface area contributed by atoms with Crippen LogP contribution in [0.1, 0.15) is 17.3 Å². The van der Waals surface area contributed by atoms with Gasteiger partial charge in [-0.05, 0) is 31.2 Å². The molecule has 0 saturated heterocycles. The lowest BCUT2D eigenvalue weighted by Gasteiger charge is -2.12. The van der Waals surface area contributed by atoms with Crippen molar-refractivity contribution in [1.29, 1.82) is 0 Å². The topological polar surface area (TPSA) is 89.4 Å². The lowest BCUT2D eigenvalue weighted by Crippen LogP contribution is -2.23. The molecule has 1 aromatic heterocycles. The maximum Gasteiger partial charge on any atom is 0.338 e. The van der Waals surface area contributed by atoms with Gasteiger partial charge in [-0.25, -0.2) is 9.59 Å². The zero-order valence-corrected chi connectivity index (χ0v) is 15.0. The summed E-state index contributed by atoms with van der Waals surface area (Å²) in [5.41, 5.74) is 1.17. The predicted molar refractivity (Wildman–Crippen MR) is 104 cm³/mol. The highest BCUT2D eigenvalue weighted by Crippen LogP contribution is 2.20. The van der Waals surface area contributed by atoms with E-state index >= 15 is 0 Å². The molecule has 0 aliphatic rings. The predicted octanol–water partition coefficient (Wildman–Crippen LogP) is 3.36. The summed E-state index contributed by atoms with van der Waals surface area (Å²) in [5.74, 6) is -0.453. The Bertz CT molecular complexity index is 1070. The lowest BCUT2D eigenvalue weighted by atomic mass is 10.1. The number of aryl methyl sites for hydroxylation is 1. The van der Waals surface area contributed by atoms with Gasteiger partial charge in [0.2, 0.25) is 0 Å². The van der Waals surface area contributed by atoms with Crippen LogP contribution in [0.3, 0.4) is 0 Å². The summed E-state index contributed by atoms with van der Waals surface area (Å²) in [7, 11) is 1.63. The number of benzene rings is 2. The molecule has 7 heteroatoms. The summed E-state index contributed by atoms with van der Waals surface area (Å²) in [6.07, 6.45) is 1.57. The van der Waals surface area contributed by atoms with Crippen LogP contribution in [0.5, 0.6) is 0 Å². The number of esters is 1. The molecule has 0 radical (unpaired) electrons. The number of pyridine rings is 1. The number of anilines is 2. The van der Waals surface area contributed by atoms with Crippen molar-refractivity contribution >= 4 is 34.1 Å². The van der Waals surface area contributed by atoms with Crippen molar-refractivity contribution in [2.24, 2.45) is 7.05 Å². The van der Waals surface area contributed by atoms with Gasteiger partial charge >= 0.3 is 12.0 Å². The number of rotatable bonds is 4. The van der Waals surface area contributed by atoms with E-state index in [1.54, 1.807) is 62.6 Å². The van der Waals surface area contributed by atoms with Crippen LogP contribution in [-0.2, 0) is 11.8 Å². The van der Waals surface area contributed by atoms with E-state index in [1.807, 2.05) is 0 Å². The van der Waals surface area contributed by atoms with Gasteiger partial charge in [0.15, 0.2) is 0 Å². The molecule has 138 valence electrons. The van der Waals surface area contributed by atoms with E-state index in [0.29, 0.717) is 27.7 Å².